The van der Waals surface area contributed by atoms with Crippen molar-refractivity contribution in [1.29, 1.82) is 0 Å². The maximum atomic E-state index is 13.3. The molecule has 30 heavy (non-hydrogen) atoms. The highest BCUT2D eigenvalue weighted by Gasteiger charge is 2.40. The predicted octanol–water partition coefficient (Wildman–Crippen LogP) is 7.32. The number of hydrogen-bond donors (Lipinski definition) is 0. The first-order chi connectivity index (χ1) is 14.4. The number of hydrogen-bond acceptors (Lipinski definition) is 4. The Hall–Kier alpha value is -1.89. The minimum atomic E-state index is -0.390. The second-order valence-electron chi connectivity index (χ2n) is 6.20. The first-order valence-electron chi connectivity index (χ1n) is 8.68. The van der Waals surface area contributed by atoms with Gasteiger partial charge in [0.15, 0.2) is 0 Å². The first-order valence-corrected chi connectivity index (χ1v) is 11.4. The summed E-state index contributed by atoms with van der Waals surface area (Å²) in [7, 11) is 0. The largest absolute Gasteiger partial charge is 0.273 e. The normalized spacial score (nSPS) is 14.0. The van der Waals surface area contributed by atoms with Gasteiger partial charge in [0.25, 0.3) is 11.8 Å². The highest BCUT2D eigenvalue weighted by Crippen LogP contribution is 2.44. The average molecular weight is 493 g/mol. The summed E-state index contributed by atoms with van der Waals surface area (Å²) >= 11 is 20.5. The number of anilines is 1. The molecule has 0 spiro atoms. The fourth-order valence-corrected chi connectivity index (χ4v) is 5.18. The number of rotatable bonds is 5. The Morgan fingerprint density at radius 1 is 0.600 bits per heavy atom. The van der Waals surface area contributed by atoms with E-state index >= 15 is 0 Å². The number of benzene rings is 3. The molecule has 8 heteroatoms. The van der Waals surface area contributed by atoms with Gasteiger partial charge in [-0.05, 0) is 66.7 Å². The fourth-order valence-electron chi connectivity index (χ4n) is 2.76. The molecule has 3 nitrogen and oxygen atoms in total. The van der Waals surface area contributed by atoms with E-state index in [1.54, 1.807) is 48.5 Å². The van der Waals surface area contributed by atoms with Crippen molar-refractivity contribution < 1.29 is 9.59 Å². The molecule has 4 rings (SSSR count). The Balaban J connectivity index is 1.74. The Morgan fingerprint density at radius 2 is 1.07 bits per heavy atom. The molecule has 1 heterocycles. The van der Waals surface area contributed by atoms with Gasteiger partial charge < -0.3 is 0 Å². The summed E-state index contributed by atoms with van der Waals surface area (Å²) < 4.78 is 0. The molecule has 0 bridgehead atoms. The molecule has 0 radical (unpaired) electrons. The van der Waals surface area contributed by atoms with Crippen molar-refractivity contribution in [1.82, 2.24) is 0 Å². The second-order valence-corrected chi connectivity index (χ2v) is 9.67. The van der Waals surface area contributed by atoms with E-state index < -0.39 is 11.8 Å². The molecule has 0 N–H and O–H groups in total. The van der Waals surface area contributed by atoms with Crippen LogP contribution in [0, 0.1) is 0 Å². The van der Waals surface area contributed by atoms with E-state index in [1.807, 2.05) is 24.3 Å². The van der Waals surface area contributed by atoms with Gasteiger partial charge in [-0.15, -0.1) is 0 Å². The van der Waals surface area contributed by atoms with Crippen LogP contribution in [0.2, 0.25) is 15.1 Å². The number of carbonyl (C=O) groups excluding carboxylic acids is 2. The summed E-state index contributed by atoms with van der Waals surface area (Å²) in [5, 5.41) is 1.63. The van der Waals surface area contributed by atoms with Gasteiger partial charge in [-0.25, -0.2) is 4.90 Å². The molecule has 3 aromatic rings. The Kier molecular flexibility index (Phi) is 6.46. The third-order valence-corrected chi connectivity index (χ3v) is 7.18. The number of halogens is 3. The van der Waals surface area contributed by atoms with Crippen LogP contribution in [0.15, 0.2) is 92.4 Å². The van der Waals surface area contributed by atoms with Crippen LogP contribution in [-0.2, 0) is 9.59 Å². The van der Waals surface area contributed by atoms with Crippen molar-refractivity contribution in [2.24, 2.45) is 0 Å². The van der Waals surface area contributed by atoms with Gasteiger partial charge >= 0.3 is 0 Å². The summed E-state index contributed by atoms with van der Waals surface area (Å²) in [6.07, 6.45) is 0. The summed E-state index contributed by atoms with van der Waals surface area (Å²) in [5.74, 6) is -0.780. The van der Waals surface area contributed by atoms with Gasteiger partial charge in [0, 0.05) is 24.9 Å². The number of amides is 2. The van der Waals surface area contributed by atoms with E-state index in [9.17, 15) is 9.59 Å². The molecule has 0 saturated heterocycles. The average Bonchev–Trinajstić information content (AvgIpc) is 2.95. The van der Waals surface area contributed by atoms with Crippen LogP contribution in [0.5, 0.6) is 0 Å². The first kappa shape index (κ1) is 21.3. The monoisotopic (exact) mass is 491 g/mol. The summed E-state index contributed by atoms with van der Waals surface area (Å²) in [6, 6.07) is 20.9. The highest BCUT2D eigenvalue weighted by atomic mass is 35.5. The zero-order valence-corrected chi connectivity index (χ0v) is 19.0. The van der Waals surface area contributed by atoms with Crippen molar-refractivity contribution in [3.8, 4) is 0 Å². The lowest BCUT2D eigenvalue weighted by molar-refractivity contribution is -0.120. The Bertz CT molecular complexity index is 1090. The lowest BCUT2D eigenvalue weighted by Crippen LogP contribution is -2.31. The van der Waals surface area contributed by atoms with Crippen LogP contribution in [-0.4, -0.2) is 11.8 Å². The smallest absolute Gasteiger partial charge is 0.268 e. The lowest BCUT2D eigenvalue weighted by Gasteiger charge is -2.15. The van der Waals surface area contributed by atoms with Crippen molar-refractivity contribution in [3.05, 3.63) is 97.7 Å². The van der Waals surface area contributed by atoms with Gasteiger partial charge in [0.1, 0.15) is 0 Å². The second kappa shape index (κ2) is 9.08. The molecular formula is C22H12Cl3NO2S2. The number of imide groups is 1. The zero-order valence-electron chi connectivity index (χ0n) is 15.1. The van der Waals surface area contributed by atoms with E-state index in [0.717, 1.165) is 14.7 Å². The highest BCUT2D eigenvalue weighted by molar-refractivity contribution is 8.08. The third kappa shape index (κ3) is 4.56. The molecule has 0 aromatic heterocycles. The molecule has 150 valence electrons. The molecule has 0 atom stereocenters. The Labute approximate surface area is 197 Å². The quantitative estimate of drug-likeness (QED) is 0.350. The van der Waals surface area contributed by atoms with Gasteiger partial charge in [-0.1, -0.05) is 64.4 Å². The summed E-state index contributed by atoms with van der Waals surface area (Å²) in [6.45, 7) is 0. The maximum Gasteiger partial charge on any atom is 0.273 e. The van der Waals surface area contributed by atoms with Crippen molar-refractivity contribution in [3.63, 3.8) is 0 Å². The van der Waals surface area contributed by atoms with E-state index in [0.29, 0.717) is 30.6 Å². The van der Waals surface area contributed by atoms with E-state index in [4.69, 9.17) is 34.8 Å². The van der Waals surface area contributed by atoms with Crippen LogP contribution in [0.3, 0.4) is 0 Å². The summed E-state index contributed by atoms with van der Waals surface area (Å²) in [4.78, 5) is 30.0. The standard InChI is InChI=1S/C22H12Cl3NO2S2/c23-13-4-8-17(9-5-13)29-19-20(30-18-10-6-14(24)7-11-18)22(28)26(21(19)27)16-3-1-2-15(25)12-16/h1-12H. The van der Waals surface area contributed by atoms with Crippen LogP contribution in [0.1, 0.15) is 0 Å². The van der Waals surface area contributed by atoms with Crippen molar-refractivity contribution in [2.45, 2.75) is 9.79 Å². The number of thioether (sulfide) groups is 2. The molecule has 0 saturated carbocycles. The number of carbonyl (C=O) groups is 2. The van der Waals surface area contributed by atoms with Gasteiger partial charge in [-0.2, -0.15) is 0 Å². The predicted molar refractivity (Wildman–Crippen MR) is 126 cm³/mol. The SMILES string of the molecule is O=C1C(Sc2ccc(Cl)cc2)=C(Sc2ccc(Cl)cc2)C(=O)N1c1cccc(Cl)c1. The lowest BCUT2D eigenvalue weighted by atomic mass is 10.3. The van der Waals surface area contributed by atoms with E-state index in [1.165, 1.54) is 23.5 Å². The van der Waals surface area contributed by atoms with Crippen LogP contribution in [0.4, 0.5) is 5.69 Å². The molecule has 0 fully saturated rings. The van der Waals surface area contributed by atoms with Gasteiger partial charge in [0.05, 0.1) is 15.5 Å². The third-order valence-electron chi connectivity index (χ3n) is 4.13. The van der Waals surface area contributed by atoms with Crippen LogP contribution in [0.25, 0.3) is 0 Å². The molecule has 1 aliphatic rings. The molecule has 3 aromatic carbocycles. The van der Waals surface area contributed by atoms with Crippen molar-refractivity contribution >= 4 is 75.8 Å². The van der Waals surface area contributed by atoms with E-state index in [-0.39, 0.29) is 0 Å². The van der Waals surface area contributed by atoms with Crippen LogP contribution < -0.4 is 4.90 Å². The zero-order chi connectivity index (χ0) is 21.3. The topological polar surface area (TPSA) is 37.4 Å². The maximum absolute atomic E-state index is 13.3. The number of nitrogens with zero attached hydrogens (tertiary/aromatic N) is 1. The molecular weight excluding hydrogens is 481 g/mol. The molecule has 0 unspecified atom stereocenters. The fraction of sp³-hybridized carbons (Fsp3) is 0. The van der Waals surface area contributed by atoms with Gasteiger partial charge in [-0.3, -0.25) is 9.59 Å². The van der Waals surface area contributed by atoms with E-state index in [2.05, 4.69) is 0 Å². The van der Waals surface area contributed by atoms with Crippen LogP contribution >= 0.6 is 58.3 Å². The van der Waals surface area contributed by atoms with Crippen molar-refractivity contribution in [2.75, 3.05) is 4.90 Å². The molecule has 1 aliphatic heterocycles. The Morgan fingerprint density at radius 3 is 1.50 bits per heavy atom. The van der Waals surface area contributed by atoms with Gasteiger partial charge in [0.2, 0.25) is 0 Å². The molecule has 0 aliphatic carbocycles. The summed E-state index contributed by atoms with van der Waals surface area (Å²) in [5.41, 5.74) is 0.429. The molecule has 2 amide bonds. The minimum Gasteiger partial charge on any atom is -0.268 e. The minimum absolute atomic E-state index is 0.349.